The van der Waals surface area contributed by atoms with E-state index in [2.05, 4.69) is 19.2 Å². The summed E-state index contributed by atoms with van der Waals surface area (Å²) >= 11 is 0. The van der Waals surface area contributed by atoms with Gasteiger partial charge in [-0.1, -0.05) is 20.3 Å². The van der Waals surface area contributed by atoms with Crippen LogP contribution in [-0.4, -0.2) is 17.7 Å². The van der Waals surface area contributed by atoms with Crippen molar-refractivity contribution in [1.29, 1.82) is 0 Å². The van der Waals surface area contributed by atoms with E-state index >= 15 is 0 Å². The van der Waals surface area contributed by atoms with E-state index in [9.17, 15) is 5.11 Å². The average molecular weight is 225 g/mol. The predicted molar refractivity (Wildman–Crippen MR) is 65.3 cm³/mol. The Morgan fingerprint density at radius 3 is 2.75 bits per heavy atom. The molecular formula is C13H23NO2. The van der Waals surface area contributed by atoms with Crippen LogP contribution in [0.25, 0.3) is 0 Å². The van der Waals surface area contributed by atoms with Crippen LogP contribution in [0.4, 0.5) is 0 Å². The van der Waals surface area contributed by atoms with Crippen molar-refractivity contribution in [3.63, 3.8) is 0 Å². The standard InChI is InChI=1S/C13H23NO2/c1-4-7-11(5-2)14-10-13(3,15)12-8-6-9-16-12/h6,8-9,11,14-15H,4-5,7,10H2,1-3H3. The van der Waals surface area contributed by atoms with Crippen LogP contribution < -0.4 is 5.32 Å². The summed E-state index contributed by atoms with van der Waals surface area (Å²) in [5.74, 6) is 0.617. The second-order valence-corrected chi connectivity index (χ2v) is 4.53. The average Bonchev–Trinajstić information content (AvgIpc) is 2.78. The lowest BCUT2D eigenvalue weighted by molar-refractivity contribution is 0.0311. The molecule has 0 saturated carbocycles. The highest BCUT2D eigenvalue weighted by atomic mass is 16.4. The molecule has 0 aliphatic rings. The topological polar surface area (TPSA) is 45.4 Å². The molecule has 1 rings (SSSR count). The first-order valence-electron chi connectivity index (χ1n) is 6.10. The Kier molecular flexibility index (Phi) is 5.03. The second kappa shape index (κ2) is 6.06. The molecule has 1 heterocycles. The minimum atomic E-state index is -0.926. The highest BCUT2D eigenvalue weighted by Gasteiger charge is 2.26. The Labute approximate surface area is 97.9 Å². The summed E-state index contributed by atoms with van der Waals surface area (Å²) in [5.41, 5.74) is -0.926. The maximum Gasteiger partial charge on any atom is 0.136 e. The van der Waals surface area contributed by atoms with E-state index in [-0.39, 0.29) is 0 Å². The first-order valence-corrected chi connectivity index (χ1v) is 6.10. The molecule has 0 amide bonds. The molecule has 2 N–H and O–H groups in total. The molecule has 92 valence electrons. The molecule has 0 saturated heterocycles. The number of hydrogen-bond donors (Lipinski definition) is 2. The normalized spacial score (nSPS) is 17.0. The third-order valence-electron chi connectivity index (χ3n) is 2.92. The van der Waals surface area contributed by atoms with Crippen LogP contribution in [0.1, 0.15) is 45.8 Å². The van der Waals surface area contributed by atoms with Gasteiger partial charge < -0.3 is 14.8 Å². The largest absolute Gasteiger partial charge is 0.466 e. The van der Waals surface area contributed by atoms with Crippen LogP contribution >= 0.6 is 0 Å². The van der Waals surface area contributed by atoms with Gasteiger partial charge in [-0.05, 0) is 31.9 Å². The zero-order valence-electron chi connectivity index (χ0n) is 10.5. The van der Waals surface area contributed by atoms with Gasteiger partial charge in [0.25, 0.3) is 0 Å². The van der Waals surface area contributed by atoms with Crippen molar-refractivity contribution in [3.05, 3.63) is 24.2 Å². The van der Waals surface area contributed by atoms with Gasteiger partial charge in [0.15, 0.2) is 0 Å². The van der Waals surface area contributed by atoms with E-state index < -0.39 is 5.60 Å². The molecule has 2 unspecified atom stereocenters. The first kappa shape index (κ1) is 13.3. The van der Waals surface area contributed by atoms with Crippen LogP contribution in [0.5, 0.6) is 0 Å². The molecule has 0 aromatic carbocycles. The summed E-state index contributed by atoms with van der Waals surface area (Å²) in [4.78, 5) is 0. The monoisotopic (exact) mass is 225 g/mol. The molecular weight excluding hydrogens is 202 g/mol. The fraction of sp³-hybridized carbons (Fsp3) is 0.692. The quantitative estimate of drug-likeness (QED) is 0.750. The molecule has 0 fully saturated rings. The third-order valence-corrected chi connectivity index (χ3v) is 2.92. The minimum absolute atomic E-state index is 0.478. The zero-order valence-corrected chi connectivity index (χ0v) is 10.5. The van der Waals surface area contributed by atoms with Crippen molar-refractivity contribution in [2.45, 2.75) is 51.7 Å². The van der Waals surface area contributed by atoms with Crippen LogP contribution in [0.15, 0.2) is 22.8 Å². The lowest BCUT2D eigenvalue weighted by atomic mass is 10.0. The summed E-state index contributed by atoms with van der Waals surface area (Å²) in [6.07, 6.45) is 4.98. The minimum Gasteiger partial charge on any atom is -0.466 e. The Morgan fingerprint density at radius 1 is 1.50 bits per heavy atom. The Balaban J connectivity index is 2.47. The molecule has 1 aromatic heterocycles. The number of nitrogens with one attached hydrogen (secondary N) is 1. The fourth-order valence-corrected chi connectivity index (χ4v) is 1.81. The Morgan fingerprint density at radius 2 is 2.25 bits per heavy atom. The number of aliphatic hydroxyl groups is 1. The van der Waals surface area contributed by atoms with Gasteiger partial charge in [-0.15, -0.1) is 0 Å². The van der Waals surface area contributed by atoms with Gasteiger partial charge >= 0.3 is 0 Å². The molecule has 3 nitrogen and oxygen atoms in total. The summed E-state index contributed by atoms with van der Waals surface area (Å²) in [7, 11) is 0. The second-order valence-electron chi connectivity index (χ2n) is 4.53. The lowest BCUT2D eigenvalue weighted by Crippen LogP contribution is -2.40. The fourth-order valence-electron chi connectivity index (χ4n) is 1.81. The molecule has 0 aliphatic carbocycles. The first-order chi connectivity index (χ1) is 7.60. The summed E-state index contributed by atoms with van der Waals surface area (Å²) in [5, 5.41) is 13.6. The van der Waals surface area contributed by atoms with Crippen LogP contribution in [-0.2, 0) is 5.60 Å². The van der Waals surface area contributed by atoms with Gasteiger partial charge in [0.2, 0.25) is 0 Å². The van der Waals surface area contributed by atoms with Crippen molar-refractivity contribution in [3.8, 4) is 0 Å². The van der Waals surface area contributed by atoms with Gasteiger partial charge in [-0.25, -0.2) is 0 Å². The number of hydrogen-bond acceptors (Lipinski definition) is 3. The van der Waals surface area contributed by atoms with Crippen LogP contribution in [0, 0.1) is 0 Å². The van der Waals surface area contributed by atoms with E-state index in [1.807, 2.05) is 6.07 Å². The SMILES string of the molecule is CCCC(CC)NCC(C)(O)c1ccco1. The summed E-state index contributed by atoms with van der Waals surface area (Å²) in [6.45, 7) is 6.64. The predicted octanol–water partition coefficient (Wildman–Crippen LogP) is 2.66. The van der Waals surface area contributed by atoms with E-state index in [4.69, 9.17) is 4.42 Å². The van der Waals surface area contributed by atoms with E-state index in [1.54, 1.807) is 19.3 Å². The zero-order chi connectivity index (χ0) is 12.0. The van der Waals surface area contributed by atoms with Gasteiger partial charge in [0.1, 0.15) is 11.4 Å². The van der Waals surface area contributed by atoms with Gasteiger partial charge in [-0.2, -0.15) is 0 Å². The van der Waals surface area contributed by atoms with Crippen LogP contribution in [0.3, 0.4) is 0 Å². The third kappa shape index (κ3) is 3.65. The molecule has 3 heteroatoms. The van der Waals surface area contributed by atoms with Crippen molar-refractivity contribution >= 4 is 0 Å². The maximum atomic E-state index is 10.2. The highest BCUT2D eigenvalue weighted by Crippen LogP contribution is 2.20. The summed E-state index contributed by atoms with van der Waals surface area (Å²) in [6, 6.07) is 4.08. The van der Waals surface area contributed by atoms with Crippen LogP contribution in [0.2, 0.25) is 0 Å². The van der Waals surface area contributed by atoms with E-state index in [0.29, 0.717) is 18.3 Å². The lowest BCUT2D eigenvalue weighted by Gasteiger charge is -2.25. The van der Waals surface area contributed by atoms with Gasteiger partial charge in [0.05, 0.1) is 6.26 Å². The van der Waals surface area contributed by atoms with E-state index in [1.165, 1.54) is 0 Å². The molecule has 0 radical (unpaired) electrons. The van der Waals surface area contributed by atoms with E-state index in [0.717, 1.165) is 19.3 Å². The molecule has 2 atom stereocenters. The van der Waals surface area contributed by atoms with Crippen molar-refractivity contribution < 1.29 is 9.52 Å². The molecule has 16 heavy (non-hydrogen) atoms. The van der Waals surface area contributed by atoms with Gasteiger partial charge in [0, 0.05) is 12.6 Å². The Hall–Kier alpha value is -0.800. The smallest absolute Gasteiger partial charge is 0.136 e. The van der Waals surface area contributed by atoms with Crippen molar-refractivity contribution in [2.75, 3.05) is 6.54 Å². The molecule has 1 aromatic rings. The maximum absolute atomic E-state index is 10.2. The molecule has 0 aliphatic heterocycles. The Bertz CT molecular complexity index is 280. The van der Waals surface area contributed by atoms with Crippen molar-refractivity contribution in [2.24, 2.45) is 0 Å². The molecule has 0 bridgehead atoms. The van der Waals surface area contributed by atoms with Gasteiger partial charge in [-0.3, -0.25) is 0 Å². The number of furan rings is 1. The van der Waals surface area contributed by atoms with Crippen molar-refractivity contribution in [1.82, 2.24) is 5.32 Å². The molecule has 0 spiro atoms. The highest BCUT2D eigenvalue weighted by molar-refractivity contribution is 5.08. The summed E-state index contributed by atoms with van der Waals surface area (Å²) < 4.78 is 5.23. The number of rotatable bonds is 7.